The molecule has 0 saturated carbocycles. The number of aromatic nitrogens is 1. The summed E-state index contributed by atoms with van der Waals surface area (Å²) in [6, 6.07) is 2.70. The Morgan fingerprint density at radius 1 is 1.53 bits per heavy atom. The first-order valence-electron chi connectivity index (χ1n) is 5.46. The van der Waals surface area contributed by atoms with Gasteiger partial charge in [0.15, 0.2) is 6.10 Å². The van der Waals surface area contributed by atoms with Gasteiger partial charge in [-0.1, -0.05) is 0 Å². The third kappa shape index (κ3) is 4.74. The predicted octanol–water partition coefficient (Wildman–Crippen LogP) is 1.59. The van der Waals surface area contributed by atoms with E-state index in [0.29, 0.717) is 0 Å². The Bertz CT molecular complexity index is 420. The molecule has 1 unspecified atom stereocenters. The van der Waals surface area contributed by atoms with Crippen LogP contribution in [0.5, 0.6) is 0 Å². The van der Waals surface area contributed by atoms with Crippen LogP contribution in [0.25, 0.3) is 0 Å². The number of rotatable bonds is 5. The first-order chi connectivity index (χ1) is 8.84. The zero-order valence-electron chi connectivity index (χ0n) is 10.1. The molecule has 0 aliphatic heterocycles. The molecule has 0 fully saturated rings. The molecule has 0 radical (unpaired) electrons. The molecule has 19 heavy (non-hydrogen) atoms. The summed E-state index contributed by atoms with van der Waals surface area (Å²) >= 11 is 0. The van der Waals surface area contributed by atoms with Crippen molar-refractivity contribution in [2.24, 2.45) is 0 Å². The van der Waals surface area contributed by atoms with Crippen LogP contribution in [0.2, 0.25) is 0 Å². The maximum absolute atomic E-state index is 12.0. The first kappa shape index (κ1) is 15.2. The van der Waals surface area contributed by atoms with Gasteiger partial charge in [-0.25, -0.2) is 9.78 Å². The van der Waals surface area contributed by atoms with Gasteiger partial charge >= 0.3 is 12.1 Å². The SMILES string of the molecule is CCOC(=O)c1ccc(NCC(O)C(F)(F)F)nc1. The molecular weight excluding hydrogens is 265 g/mol. The number of nitrogens with one attached hydrogen (secondary N) is 1. The van der Waals surface area contributed by atoms with Crippen molar-refractivity contribution in [3.63, 3.8) is 0 Å². The Labute approximate surface area is 107 Å². The van der Waals surface area contributed by atoms with Gasteiger partial charge in [0.25, 0.3) is 0 Å². The molecule has 0 amide bonds. The molecule has 0 saturated heterocycles. The number of esters is 1. The van der Waals surface area contributed by atoms with Crippen molar-refractivity contribution in [1.29, 1.82) is 0 Å². The van der Waals surface area contributed by atoms with E-state index >= 15 is 0 Å². The van der Waals surface area contributed by atoms with Gasteiger partial charge in [-0.2, -0.15) is 13.2 Å². The minimum Gasteiger partial charge on any atom is -0.462 e. The number of hydrogen-bond acceptors (Lipinski definition) is 5. The number of aliphatic hydroxyl groups is 1. The maximum Gasteiger partial charge on any atom is 0.416 e. The standard InChI is InChI=1S/C11H13F3N2O3/c1-2-19-10(18)7-3-4-9(15-5-7)16-6-8(17)11(12,13)14/h3-5,8,17H,2,6H2,1H3,(H,15,16). The molecule has 1 atom stereocenters. The van der Waals surface area contributed by atoms with Crippen molar-refractivity contribution in [3.05, 3.63) is 23.9 Å². The predicted molar refractivity (Wildman–Crippen MR) is 60.7 cm³/mol. The molecule has 1 heterocycles. The number of ether oxygens (including phenoxy) is 1. The molecule has 2 N–H and O–H groups in total. The highest BCUT2D eigenvalue weighted by atomic mass is 19.4. The van der Waals surface area contributed by atoms with Crippen molar-refractivity contribution >= 4 is 11.8 Å². The molecule has 1 rings (SSSR count). The third-order valence-corrected chi connectivity index (χ3v) is 2.13. The summed E-state index contributed by atoms with van der Waals surface area (Å²) in [5.74, 6) is -0.437. The fourth-order valence-electron chi connectivity index (χ4n) is 1.15. The molecule has 0 aliphatic rings. The summed E-state index contributed by atoms with van der Waals surface area (Å²) in [6.07, 6.45) is -5.97. The lowest BCUT2D eigenvalue weighted by molar-refractivity contribution is -0.198. The van der Waals surface area contributed by atoms with Gasteiger partial charge in [-0.3, -0.25) is 0 Å². The summed E-state index contributed by atoms with van der Waals surface area (Å²) in [5, 5.41) is 11.1. The number of halogens is 3. The van der Waals surface area contributed by atoms with E-state index < -0.39 is 24.8 Å². The number of hydrogen-bond donors (Lipinski definition) is 2. The van der Waals surface area contributed by atoms with Gasteiger partial charge in [-0.05, 0) is 19.1 Å². The molecule has 0 spiro atoms. The van der Waals surface area contributed by atoms with E-state index in [1.807, 2.05) is 0 Å². The minimum absolute atomic E-state index is 0.122. The molecule has 0 aromatic carbocycles. The Kier molecular flexibility index (Phi) is 5.11. The first-order valence-corrected chi connectivity index (χ1v) is 5.46. The topological polar surface area (TPSA) is 71.5 Å². The fourth-order valence-corrected chi connectivity index (χ4v) is 1.15. The van der Waals surface area contributed by atoms with Gasteiger partial charge in [0.1, 0.15) is 5.82 Å². The fraction of sp³-hybridized carbons (Fsp3) is 0.455. The van der Waals surface area contributed by atoms with E-state index in [0.717, 1.165) is 0 Å². The van der Waals surface area contributed by atoms with Crippen LogP contribution < -0.4 is 5.32 Å². The van der Waals surface area contributed by atoms with Gasteiger partial charge in [0.05, 0.1) is 18.7 Å². The quantitative estimate of drug-likeness (QED) is 0.800. The third-order valence-electron chi connectivity index (χ3n) is 2.13. The van der Waals surface area contributed by atoms with E-state index in [1.54, 1.807) is 6.92 Å². The highest BCUT2D eigenvalue weighted by Gasteiger charge is 2.37. The molecule has 1 aromatic rings. The maximum atomic E-state index is 12.0. The van der Waals surface area contributed by atoms with Crippen molar-refractivity contribution in [3.8, 4) is 0 Å². The number of carbonyl (C=O) groups excluding carboxylic acids is 1. The average Bonchev–Trinajstić information content (AvgIpc) is 2.35. The molecule has 1 aromatic heterocycles. The lowest BCUT2D eigenvalue weighted by Gasteiger charge is -2.15. The van der Waals surface area contributed by atoms with Gasteiger partial charge in [0.2, 0.25) is 0 Å². The largest absolute Gasteiger partial charge is 0.462 e. The summed E-state index contributed by atoms with van der Waals surface area (Å²) in [7, 11) is 0. The van der Waals surface area contributed by atoms with Gasteiger partial charge in [0, 0.05) is 6.20 Å². The Morgan fingerprint density at radius 2 is 2.21 bits per heavy atom. The smallest absolute Gasteiger partial charge is 0.416 e. The Morgan fingerprint density at radius 3 is 2.68 bits per heavy atom. The second-order valence-corrected chi connectivity index (χ2v) is 3.59. The second kappa shape index (κ2) is 6.37. The number of carbonyl (C=O) groups is 1. The molecule has 8 heteroatoms. The minimum atomic E-state index is -4.68. The Hall–Kier alpha value is -1.83. The van der Waals surface area contributed by atoms with Crippen LogP contribution in [0.15, 0.2) is 18.3 Å². The van der Waals surface area contributed by atoms with Crippen LogP contribution in [0.4, 0.5) is 19.0 Å². The van der Waals surface area contributed by atoms with Crippen LogP contribution >= 0.6 is 0 Å². The summed E-state index contributed by atoms with van der Waals surface area (Å²) in [5.41, 5.74) is 0.198. The number of aliphatic hydroxyl groups excluding tert-OH is 1. The van der Waals surface area contributed by atoms with Crippen LogP contribution in [-0.2, 0) is 4.74 Å². The molecule has 0 aliphatic carbocycles. The van der Waals surface area contributed by atoms with Crippen molar-refractivity contribution in [1.82, 2.24) is 4.98 Å². The molecule has 5 nitrogen and oxygen atoms in total. The van der Waals surface area contributed by atoms with Crippen molar-refractivity contribution in [2.75, 3.05) is 18.5 Å². The van der Waals surface area contributed by atoms with E-state index in [9.17, 15) is 18.0 Å². The normalized spacial score (nSPS) is 12.9. The highest BCUT2D eigenvalue weighted by molar-refractivity contribution is 5.89. The van der Waals surface area contributed by atoms with Crippen molar-refractivity contribution < 1.29 is 27.8 Å². The number of pyridine rings is 1. The van der Waals surface area contributed by atoms with E-state index in [4.69, 9.17) is 9.84 Å². The second-order valence-electron chi connectivity index (χ2n) is 3.59. The summed E-state index contributed by atoms with van der Waals surface area (Å²) in [4.78, 5) is 15.0. The number of nitrogens with zero attached hydrogens (tertiary/aromatic N) is 1. The lowest BCUT2D eigenvalue weighted by atomic mass is 10.3. The lowest BCUT2D eigenvalue weighted by Crippen LogP contribution is -2.35. The summed E-state index contributed by atoms with van der Waals surface area (Å²) in [6.45, 7) is 1.16. The molecule has 0 bridgehead atoms. The molecule has 106 valence electrons. The Balaban J connectivity index is 2.56. The zero-order valence-corrected chi connectivity index (χ0v) is 10.1. The van der Waals surface area contributed by atoms with Gasteiger partial charge < -0.3 is 15.2 Å². The average molecular weight is 278 g/mol. The summed E-state index contributed by atoms with van der Waals surface area (Å²) < 4.78 is 40.8. The van der Waals surface area contributed by atoms with Crippen molar-refractivity contribution in [2.45, 2.75) is 19.2 Å². The number of anilines is 1. The van der Waals surface area contributed by atoms with Crippen LogP contribution in [0.3, 0.4) is 0 Å². The van der Waals surface area contributed by atoms with Crippen LogP contribution in [0, 0.1) is 0 Å². The highest BCUT2D eigenvalue weighted by Crippen LogP contribution is 2.20. The van der Waals surface area contributed by atoms with E-state index in [2.05, 4.69) is 10.3 Å². The zero-order chi connectivity index (χ0) is 14.5. The molecular formula is C11H13F3N2O3. The van der Waals surface area contributed by atoms with Gasteiger partial charge in [-0.15, -0.1) is 0 Å². The van der Waals surface area contributed by atoms with E-state index in [-0.39, 0.29) is 18.0 Å². The monoisotopic (exact) mass is 278 g/mol. The van der Waals surface area contributed by atoms with E-state index in [1.165, 1.54) is 18.3 Å². The van der Waals surface area contributed by atoms with Crippen LogP contribution in [0.1, 0.15) is 17.3 Å². The van der Waals surface area contributed by atoms with Crippen LogP contribution in [-0.4, -0.2) is 41.5 Å². The number of alkyl halides is 3.